The number of nitrogens with zero attached hydrogens (tertiary/aromatic N) is 1. The summed E-state index contributed by atoms with van der Waals surface area (Å²) in [5.41, 5.74) is -0.157. The number of hydrogen-bond acceptors (Lipinski definition) is 6. The molecular formula is C11H17N3O4S2. The van der Waals surface area contributed by atoms with Gasteiger partial charge in [0.15, 0.2) is 5.00 Å². The second-order valence-electron chi connectivity index (χ2n) is 5.20. The number of hydrogen-bond donors (Lipinski definition) is 2. The molecule has 7 nitrogen and oxygen atoms in total. The minimum atomic E-state index is -3.68. The molecule has 1 aliphatic rings. The fourth-order valence-corrected chi connectivity index (χ4v) is 4.28. The second kappa shape index (κ2) is 5.30. The van der Waals surface area contributed by atoms with Crippen LogP contribution in [0.5, 0.6) is 0 Å². The van der Waals surface area contributed by atoms with Crippen LogP contribution in [0, 0.1) is 15.5 Å². The second-order valence-corrected chi connectivity index (χ2v) is 8.25. The summed E-state index contributed by atoms with van der Waals surface area (Å²) in [6.07, 6.45) is 2.01. The van der Waals surface area contributed by atoms with Gasteiger partial charge in [0.1, 0.15) is 4.21 Å². The Morgan fingerprint density at radius 2 is 2.15 bits per heavy atom. The van der Waals surface area contributed by atoms with Crippen molar-refractivity contribution in [3.63, 3.8) is 0 Å². The van der Waals surface area contributed by atoms with Crippen molar-refractivity contribution in [1.82, 2.24) is 4.72 Å². The monoisotopic (exact) mass is 319 g/mol. The molecule has 0 amide bonds. The van der Waals surface area contributed by atoms with Crippen LogP contribution in [0.1, 0.15) is 26.7 Å². The highest BCUT2D eigenvalue weighted by atomic mass is 32.2. The van der Waals surface area contributed by atoms with E-state index in [1.165, 1.54) is 0 Å². The standard InChI is InChI=1S/C11H17N3O4S2/c1-3-12-10-8(14(15)16)6-9(19-10)20(17,18)13-7-11(2)4-5-11/h6,12-13H,3-5,7H2,1-2H3. The molecule has 1 saturated carbocycles. The molecule has 0 spiro atoms. The molecule has 112 valence electrons. The van der Waals surface area contributed by atoms with Gasteiger partial charge in [0.2, 0.25) is 10.0 Å². The van der Waals surface area contributed by atoms with E-state index in [-0.39, 0.29) is 20.3 Å². The highest BCUT2D eigenvalue weighted by Gasteiger charge is 2.38. The van der Waals surface area contributed by atoms with Gasteiger partial charge in [-0.1, -0.05) is 18.3 Å². The maximum absolute atomic E-state index is 12.1. The molecule has 1 aromatic heterocycles. The Hall–Kier alpha value is -1.19. The van der Waals surface area contributed by atoms with Crippen LogP contribution in [0.25, 0.3) is 0 Å². The summed E-state index contributed by atoms with van der Waals surface area (Å²) < 4.78 is 26.8. The zero-order chi connectivity index (χ0) is 15.0. The van der Waals surface area contributed by atoms with Crippen LogP contribution in [-0.2, 0) is 10.0 Å². The van der Waals surface area contributed by atoms with Crippen LogP contribution in [0.2, 0.25) is 0 Å². The Labute approximate surface area is 121 Å². The molecule has 0 aromatic carbocycles. The average molecular weight is 319 g/mol. The fraction of sp³-hybridized carbons (Fsp3) is 0.636. The van der Waals surface area contributed by atoms with Gasteiger partial charge < -0.3 is 5.32 Å². The molecule has 0 atom stereocenters. The number of nitrogens with one attached hydrogen (secondary N) is 2. The van der Waals surface area contributed by atoms with Gasteiger partial charge in [-0.05, 0) is 25.2 Å². The molecule has 20 heavy (non-hydrogen) atoms. The molecule has 0 unspecified atom stereocenters. The molecule has 0 radical (unpaired) electrons. The molecule has 0 bridgehead atoms. The highest BCUT2D eigenvalue weighted by Crippen LogP contribution is 2.44. The predicted octanol–water partition coefficient (Wildman–Crippen LogP) is 2.17. The van der Waals surface area contributed by atoms with E-state index in [2.05, 4.69) is 10.0 Å². The van der Waals surface area contributed by atoms with Crippen molar-refractivity contribution < 1.29 is 13.3 Å². The smallest absolute Gasteiger partial charge is 0.304 e. The number of anilines is 1. The first kappa shape index (κ1) is 15.2. The lowest BCUT2D eigenvalue weighted by atomic mass is 10.2. The van der Waals surface area contributed by atoms with Crippen LogP contribution >= 0.6 is 11.3 Å². The quantitative estimate of drug-likeness (QED) is 0.592. The van der Waals surface area contributed by atoms with Crippen LogP contribution in [-0.4, -0.2) is 26.4 Å². The lowest BCUT2D eigenvalue weighted by molar-refractivity contribution is -0.383. The average Bonchev–Trinajstić information content (AvgIpc) is 2.94. The predicted molar refractivity (Wildman–Crippen MR) is 77.7 cm³/mol. The lowest BCUT2D eigenvalue weighted by Crippen LogP contribution is -2.28. The third kappa shape index (κ3) is 3.28. The lowest BCUT2D eigenvalue weighted by Gasteiger charge is -2.09. The van der Waals surface area contributed by atoms with Gasteiger partial charge in [-0.3, -0.25) is 10.1 Å². The number of nitro groups is 1. The SMILES string of the molecule is CCNc1sc(S(=O)(=O)NCC2(C)CC2)cc1[N+](=O)[O-]. The van der Waals surface area contributed by atoms with Crippen molar-refractivity contribution in [2.24, 2.45) is 5.41 Å². The minimum absolute atomic E-state index is 0.0237. The summed E-state index contributed by atoms with van der Waals surface area (Å²) in [5, 5.41) is 14.0. The zero-order valence-corrected chi connectivity index (χ0v) is 12.9. The Morgan fingerprint density at radius 3 is 2.65 bits per heavy atom. The topological polar surface area (TPSA) is 101 Å². The largest absolute Gasteiger partial charge is 0.372 e. The molecule has 9 heteroatoms. The molecule has 1 heterocycles. The Kier molecular flexibility index (Phi) is 4.03. The first-order valence-electron chi connectivity index (χ1n) is 6.29. The molecule has 2 rings (SSSR count). The van der Waals surface area contributed by atoms with E-state index in [4.69, 9.17) is 0 Å². The van der Waals surface area contributed by atoms with Crippen molar-refractivity contribution in [1.29, 1.82) is 0 Å². The summed E-state index contributed by atoms with van der Waals surface area (Å²) in [5.74, 6) is 0. The molecule has 0 saturated heterocycles. The summed E-state index contributed by atoms with van der Waals surface area (Å²) >= 11 is 0.887. The van der Waals surface area contributed by atoms with E-state index in [0.29, 0.717) is 13.1 Å². The third-order valence-electron chi connectivity index (χ3n) is 3.28. The Balaban J connectivity index is 2.22. The molecular weight excluding hydrogens is 302 g/mol. The van der Waals surface area contributed by atoms with E-state index < -0.39 is 14.9 Å². The summed E-state index contributed by atoms with van der Waals surface area (Å²) in [4.78, 5) is 10.3. The van der Waals surface area contributed by atoms with Gasteiger partial charge in [0, 0.05) is 19.2 Å². The molecule has 1 aromatic rings. The van der Waals surface area contributed by atoms with Crippen molar-refractivity contribution in [3.8, 4) is 0 Å². The Morgan fingerprint density at radius 1 is 1.50 bits per heavy atom. The van der Waals surface area contributed by atoms with E-state index in [1.807, 2.05) is 6.92 Å². The van der Waals surface area contributed by atoms with Gasteiger partial charge in [0.25, 0.3) is 0 Å². The van der Waals surface area contributed by atoms with Crippen molar-refractivity contribution in [3.05, 3.63) is 16.2 Å². The van der Waals surface area contributed by atoms with Crippen LogP contribution in [0.4, 0.5) is 10.7 Å². The van der Waals surface area contributed by atoms with Crippen LogP contribution in [0.15, 0.2) is 10.3 Å². The van der Waals surface area contributed by atoms with Gasteiger partial charge >= 0.3 is 5.69 Å². The van der Waals surface area contributed by atoms with Crippen LogP contribution < -0.4 is 10.0 Å². The maximum Gasteiger partial charge on any atom is 0.304 e. The summed E-state index contributed by atoms with van der Waals surface area (Å²) in [6.45, 7) is 4.67. The van der Waals surface area contributed by atoms with Gasteiger partial charge in [-0.25, -0.2) is 13.1 Å². The summed E-state index contributed by atoms with van der Waals surface area (Å²) in [6, 6.07) is 1.11. The van der Waals surface area contributed by atoms with E-state index in [0.717, 1.165) is 30.2 Å². The minimum Gasteiger partial charge on any atom is -0.372 e. The number of rotatable bonds is 7. The molecule has 2 N–H and O–H groups in total. The van der Waals surface area contributed by atoms with Crippen molar-refractivity contribution in [2.75, 3.05) is 18.4 Å². The first-order valence-corrected chi connectivity index (χ1v) is 8.59. The molecule has 0 aliphatic heterocycles. The normalized spacial score (nSPS) is 16.9. The van der Waals surface area contributed by atoms with Gasteiger partial charge in [-0.15, -0.1) is 0 Å². The van der Waals surface area contributed by atoms with Gasteiger partial charge in [0.05, 0.1) is 4.92 Å². The van der Waals surface area contributed by atoms with Crippen LogP contribution in [0.3, 0.4) is 0 Å². The first-order chi connectivity index (χ1) is 9.27. The summed E-state index contributed by atoms with van der Waals surface area (Å²) in [7, 11) is -3.68. The maximum atomic E-state index is 12.1. The zero-order valence-electron chi connectivity index (χ0n) is 11.3. The Bertz CT molecular complexity index is 620. The fourth-order valence-electron chi connectivity index (χ4n) is 1.65. The van der Waals surface area contributed by atoms with Gasteiger partial charge in [-0.2, -0.15) is 0 Å². The van der Waals surface area contributed by atoms with E-state index in [9.17, 15) is 18.5 Å². The van der Waals surface area contributed by atoms with Crippen molar-refractivity contribution in [2.45, 2.75) is 30.9 Å². The molecule has 1 fully saturated rings. The number of sulfonamides is 1. The van der Waals surface area contributed by atoms with E-state index >= 15 is 0 Å². The van der Waals surface area contributed by atoms with Crippen molar-refractivity contribution >= 4 is 32.0 Å². The van der Waals surface area contributed by atoms with E-state index in [1.54, 1.807) is 6.92 Å². The highest BCUT2D eigenvalue weighted by molar-refractivity contribution is 7.91. The third-order valence-corrected chi connectivity index (χ3v) is 6.24. The molecule has 1 aliphatic carbocycles. The number of thiophene rings is 1.